The molecular formula is C23H26N2O3. The molecule has 2 aliphatic rings. The molecule has 28 heavy (non-hydrogen) atoms. The molecule has 2 heterocycles. The molecule has 5 nitrogen and oxygen atoms in total. The number of benzene rings is 2. The minimum Gasteiger partial charge on any atom is -0.370 e. The number of hydrogen-bond acceptors (Lipinski definition) is 3. The van der Waals surface area contributed by atoms with Crippen LogP contribution in [0.4, 0.5) is 0 Å². The molecule has 2 aromatic carbocycles. The number of amides is 2. The first kappa shape index (κ1) is 18.7. The van der Waals surface area contributed by atoms with Gasteiger partial charge < -0.3 is 14.5 Å². The highest BCUT2D eigenvalue weighted by Crippen LogP contribution is 2.28. The summed E-state index contributed by atoms with van der Waals surface area (Å²) in [5, 5.41) is 0. The van der Waals surface area contributed by atoms with Gasteiger partial charge in [0, 0.05) is 32.0 Å². The molecule has 1 atom stereocenters. The Morgan fingerprint density at radius 1 is 1.04 bits per heavy atom. The highest BCUT2D eigenvalue weighted by Gasteiger charge is 2.36. The van der Waals surface area contributed by atoms with E-state index in [0.717, 1.165) is 0 Å². The van der Waals surface area contributed by atoms with E-state index in [1.807, 2.05) is 30.3 Å². The number of nitrogens with zero attached hydrogens (tertiary/aromatic N) is 2. The molecule has 5 heteroatoms. The first-order valence-corrected chi connectivity index (χ1v) is 9.87. The SMILES string of the molecule is Cc1ccccc1COC1CN(C(=O)CN2C[C@H](c3ccccc3)CC2=O)C1. The molecule has 0 unspecified atom stereocenters. The lowest BCUT2D eigenvalue weighted by atomic mass is 9.99. The van der Waals surface area contributed by atoms with E-state index in [2.05, 4.69) is 31.2 Å². The second-order valence-corrected chi connectivity index (χ2v) is 7.74. The molecule has 4 rings (SSSR count). The van der Waals surface area contributed by atoms with Gasteiger partial charge in [0.05, 0.1) is 19.3 Å². The van der Waals surface area contributed by atoms with Crippen molar-refractivity contribution >= 4 is 11.8 Å². The Balaban J connectivity index is 1.22. The Kier molecular flexibility index (Phi) is 5.44. The third-order valence-electron chi connectivity index (χ3n) is 5.75. The molecule has 0 radical (unpaired) electrons. The predicted molar refractivity (Wildman–Crippen MR) is 107 cm³/mol. The molecule has 0 spiro atoms. The van der Waals surface area contributed by atoms with Crippen molar-refractivity contribution in [3.63, 3.8) is 0 Å². The average molecular weight is 378 g/mol. The van der Waals surface area contributed by atoms with Gasteiger partial charge in [-0.1, -0.05) is 54.6 Å². The molecule has 2 aromatic rings. The third kappa shape index (κ3) is 4.09. The van der Waals surface area contributed by atoms with E-state index in [1.165, 1.54) is 16.7 Å². The van der Waals surface area contributed by atoms with Gasteiger partial charge in [-0.3, -0.25) is 9.59 Å². The van der Waals surface area contributed by atoms with Crippen molar-refractivity contribution in [1.29, 1.82) is 0 Å². The summed E-state index contributed by atoms with van der Waals surface area (Å²) in [6, 6.07) is 18.2. The second kappa shape index (κ2) is 8.15. The quantitative estimate of drug-likeness (QED) is 0.777. The monoisotopic (exact) mass is 378 g/mol. The highest BCUT2D eigenvalue weighted by atomic mass is 16.5. The summed E-state index contributed by atoms with van der Waals surface area (Å²) in [7, 11) is 0. The number of aryl methyl sites for hydroxylation is 1. The maximum absolute atomic E-state index is 12.5. The Morgan fingerprint density at radius 3 is 2.50 bits per heavy atom. The Bertz CT molecular complexity index is 846. The molecule has 0 aromatic heterocycles. The van der Waals surface area contributed by atoms with Crippen LogP contribution in [0.2, 0.25) is 0 Å². The first-order valence-electron chi connectivity index (χ1n) is 9.87. The normalized spacial score (nSPS) is 19.8. The van der Waals surface area contributed by atoms with Gasteiger partial charge in [0.25, 0.3) is 0 Å². The van der Waals surface area contributed by atoms with E-state index < -0.39 is 0 Å². The summed E-state index contributed by atoms with van der Waals surface area (Å²) >= 11 is 0. The summed E-state index contributed by atoms with van der Waals surface area (Å²) in [6.45, 7) is 4.65. The molecule has 0 aliphatic carbocycles. The van der Waals surface area contributed by atoms with Gasteiger partial charge in [-0.25, -0.2) is 0 Å². The van der Waals surface area contributed by atoms with E-state index in [4.69, 9.17) is 4.74 Å². The molecule has 0 N–H and O–H groups in total. The zero-order valence-corrected chi connectivity index (χ0v) is 16.2. The zero-order valence-electron chi connectivity index (χ0n) is 16.2. The van der Waals surface area contributed by atoms with E-state index in [9.17, 15) is 9.59 Å². The molecule has 2 aliphatic heterocycles. The molecule has 2 saturated heterocycles. The topological polar surface area (TPSA) is 49.9 Å². The molecular weight excluding hydrogens is 352 g/mol. The fourth-order valence-corrected chi connectivity index (χ4v) is 3.86. The van der Waals surface area contributed by atoms with E-state index in [1.54, 1.807) is 9.80 Å². The average Bonchev–Trinajstić information content (AvgIpc) is 3.03. The van der Waals surface area contributed by atoms with Gasteiger partial charge in [0.15, 0.2) is 0 Å². The van der Waals surface area contributed by atoms with Gasteiger partial charge in [-0.15, -0.1) is 0 Å². The van der Waals surface area contributed by atoms with Crippen molar-refractivity contribution in [2.45, 2.75) is 32.0 Å². The summed E-state index contributed by atoms with van der Waals surface area (Å²) < 4.78 is 5.92. The highest BCUT2D eigenvalue weighted by molar-refractivity contribution is 5.87. The van der Waals surface area contributed by atoms with Gasteiger partial charge >= 0.3 is 0 Å². The molecule has 0 saturated carbocycles. The number of ether oxygens (including phenoxy) is 1. The van der Waals surface area contributed by atoms with Crippen LogP contribution in [-0.4, -0.2) is 53.9 Å². The maximum atomic E-state index is 12.5. The van der Waals surface area contributed by atoms with E-state index in [0.29, 0.717) is 32.7 Å². The van der Waals surface area contributed by atoms with Crippen LogP contribution in [0.15, 0.2) is 54.6 Å². The summed E-state index contributed by atoms with van der Waals surface area (Å²) in [5.74, 6) is 0.260. The zero-order chi connectivity index (χ0) is 19.5. The number of likely N-dealkylation sites (tertiary alicyclic amines) is 2. The predicted octanol–water partition coefficient (Wildman–Crippen LogP) is 2.74. The second-order valence-electron chi connectivity index (χ2n) is 7.74. The third-order valence-corrected chi connectivity index (χ3v) is 5.75. The van der Waals surface area contributed by atoms with Gasteiger partial charge in [0.2, 0.25) is 11.8 Å². The maximum Gasteiger partial charge on any atom is 0.242 e. The first-order chi connectivity index (χ1) is 13.6. The largest absolute Gasteiger partial charge is 0.370 e. The molecule has 146 valence electrons. The number of carbonyl (C=O) groups excluding carboxylic acids is 2. The van der Waals surface area contributed by atoms with E-state index in [-0.39, 0.29) is 30.4 Å². The van der Waals surface area contributed by atoms with Crippen molar-refractivity contribution in [2.75, 3.05) is 26.2 Å². The lowest BCUT2D eigenvalue weighted by molar-refractivity contribution is -0.149. The van der Waals surface area contributed by atoms with Crippen molar-refractivity contribution in [2.24, 2.45) is 0 Å². The van der Waals surface area contributed by atoms with Crippen molar-refractivity contribution in [1.82, 2.24) is 9.80 Å². The van der Waals surface area contributed by atoms with E-state index >= 15 is 0 Å². The molecule has 2 fully saturated rings. The lowest BCUT2D eigenvalue weighted by Gasteiger charge is -2.39. The van der Waals surface area contributed by atoms with Crippen LogP contribution in [0.5, 0.6) is 0 Å². The Morgan fingerprint density at radius 2 is 1.75 bits per heavy atom. The minimum absolute atomic E-state index is 0.0119. The van der Waals surface area contributed by atoms with Crippen LogP contribution in [0.3, 0.4) is 0 Å². The standard InChI is InChI=1S/C23H26N2O3/c1-17-7-5-6-10-19(17)16-28-21-13-25(14-21)23(27)15-24-12-20(11-22(24)26)18-8-3-2-4-9-18/h2-10,20-21H,11-16H2,1H3/t20-/m1/s1. The Hall–Kier alpha value is -2.66. The fraction of sp³-hybridized carbons (Fsp3) is 0.391. The fourth-order valence-electron chi connectivity index (χ4n) is 3.86. The number of hydrogen-bond donors (Lipinski definition) is 0. The molecule has 2 amide bonds. The van der Waals surface area contributed by atoms with Crippen LogP contribution in [-0.2, 0) is 20.9 Å². The van der Waals surface area contributed by atoms with Crippen LogP contribution in [0.1, 0.15) is 29.0 Å². The molecule has 0 bridgehead atoms. The minimum atomic E-state index is 0.0119. The van der Waals surface area contributed by atoms with Gasteiger partial charge in [-0.05, 0) is 23.6 Å². The van der Waals surface area contributed by atoms with Crippen LogP contribution in [0.25, 0.3) is 0 Å². The number of rotatable bonds is 6. The summed E-state index contributed by atoms with van der Waals surface area (Å²) in [5.41, 5.74) is 3.57. The van der Waals surface area contributed by atoms with Crippen molar-refractivity contribution in [3.05, 3.63) is 71.3 Å². The summed E-state index contributed by atoms with van der Waals surface area (Å²) in [4.78, 5) is 28.3. The van der Waals surface area contributed by atoms with Crippen LogP contribution < -0.4 is 0 Å². The van der Waals surface area contributed by atoms with Crippen LogP contribution in [0, 0.1) is 6.92 Å². The lowest BCUT2D eigenvalue weighted by Crippen LogP contribution is -2.57. The Labute approximate surface area is 165 Å². The van der Waals surface area contributed by atoms with Gasteiger partial charge in [-0.2, -0.15) is 0 Å². The smallest absolute Gasteiger partial charge is 0.242 e. The van der Waals surface area contributed by atoms with Crippen LogP contribution >= 0.6 is 0 Å². The number of carbonyl (C=O) groups is 2. The van der Waals surface area contributed by atoms with Crippen molar-refractivity contribution in [3.8, 4) is 0 Å². The van der Waals surface area contributed by atoms with Crippen molar-refractivity contribution < 1.29 is 14.3 Å². The summed E-state index contributed by atoms with van der Waals surface area (Å²) in [6.07, 6.45) is 0.564. The van der Waals surface area contributed by atoms with Gasteiger partial charge in [0.1, 0.15) is 0 Å².